The maximum atomic E-state index is 13.6. The Morgan fingerprint density at radius 2 is 1.85 bits per heavy atom. The molecule has 1 amide bonds. The number of amidine groups is 1. The Labute approximate surface area is 213 Å². The monoisotopic (exact) mass is 510 g/mol. The van der Waals surface area contributed by atoms with Crippen LogP contribution in [-0.4, -0.2) is 22.0 Å². The van der Waals surface area contributed by atoms with Gasteiger partial charge in [-0.3, -0.25) is 9.69 Å². The molecule has 1 aliphatic carbocycles. The van der Waals surface area contributed by atoms with Crippen LogP contribution in [0, 0.1) is 5.92 Å². The van der Waals surface area contributed by atoms with E-state index in [1.165, 1.54) is 18.2 Å². The summed E-state index contributed by atoms with van der Waals surface area (Å²) in [6.45, 7) is 2.23. The van der Waals surface area contributed by atoms with Gasteiger partial charge in [0.2, 0.25) is 0 Å². The van der Waals surface area contributed by atoms with Crippen LogP contribution >= 0.6 is 35.0 Å². The second-order valence-corrected chi connectivity index (χ2v) is 10.5. The number of carbonyl (C=O) groups excluding carboxylic acids is 1. The zero-order valence-electron chi connectivity index (χ0n) is 18.7. The fourth-order valence-electron chi connectivity index (χ4n) is 4.54. The number of rotatable bonds is 4. The van der Waals surface area contributed by atoms with E-state index in [9.17, 15) is 4.79 Å². The Morgan fingerprint density at radius 3 is 2.62 bits per heavy atom. The van der Waals surface area contributed by atoms with Crippen LogP contribution in [0.4, 0.5) is 5.69 Å². The van der Waals surface area contributed by atoms with Gasteiger partial charge >= 0.3 is 0 Å². The summed E-state index contributed by atoms with van der Waals surface area (Å²) in [5, 5.41) is 1.81. The van der Waals surface area contributed by atoms with E-state index in [0.29, 0.717) is 32.4 Å². The molecule has 4 nitrogen and oxygen atoms in total. The van der Waals surface area contributed by atoms with Crippen molar-refractivity contribution in [1.29, 1.82) is 0 Å². The summed E-state index contributed by atoms with van der Waals surface area (Å²) in [4.78, 5) is 21.0. The number of hydrogen-bond donors (Lipinski definition) is 0. The fraction of sp³-hybridized carbons (Fsp3) is 0.259. The molecular formula is C27H24Cl2N2O2S. The maximum Gasteiger partial charge on any atom is 0.267 e. The molecule has 1 aromatic heterocycles. The first-order valence-corrected chi connectivity index (χ1v) is 13.0. The van der Waals surface area contributed by atoms with Crippen LogP contribution in [0.5, 0.6) is 0 Å². The summed E-state index contributed by atoms with van der Waals surface area (Å²) in [6, 6.07) is 18.9. The number of nitrogens with zero attached hydrogens (tertiary/aromatic N) is 2. The highest BCUT2D eigenvalue weighted by atomic mass is 35.5. The number of amides is 1. The lowest BCUT2D eigenvalue weighted by molar-refractivity contribution is -0.124. The number of furan rings is 1. The van der Waals surface area contributed by atoms with Crippen molar-refractivity contribution in [3.05, 3.63) is 81.4 Å². The molecule has 3 aromatic rings. The van der Waals surface area contributed by atoms with Gasteiger partial charge in [-0.2, -0.15) is 0 Å². The molecule has 0 bridgehead atoms. The van der Waals surface area contributed by atoms with Crippen molar-refractivity contribution in [1.82, 2.24) is 4.90 Å². The topological polar surface area (TPSA) is 45.8 Å². The summed E-state index contributed by atoms with van der Waals surface area (Å²) in [5.74, 6) is 1.64. The van der Waals surface area contributed by atoms with Crippen molar-refractivity contribution in [3.63, 3.8) is 0 Å². The second kappa shape index (κ2) is 10.0. The molecule has 1 saturated carbocycles. The van der Waals surface area contributed by atoms with Crippen molar-refractivity contribution in [2.45, 2.75) is 38.6 Å². The number of carbonyl (C=O) groups is 1. The van der Waals surface area contributed by atoms with Gasteiger partial charge < -0.3 is 4.42 Å². The molecule has 0 unspecified atom stereocenters. The number of thioether (sulfide) groups is 1. The second-order valence-electron chi connectivity index (χ2n) is 8.67. The maximum absolute atomic E-state index is 13.6. The van der Waals surface area contributed by atoms with Gasteiger partial charge in [0, 0.05) is 22.7 Å². The molecule has 7 heteroatoms. The lowest BCUT2D eigenvalue weighted by atomic mass is 9.85. The molecular weight excluding hydrogens is 487 g/mol. The highest BCUT2D eigenvalue weighted by molar-refractivity contribution is 8.18. The van der Waals surface area contributed by atoms with Crippen LogP contribution < -0.4 is 0 Å². The standard InChI is InChI=1S/C27H24Cl2N2O2S/c1-17-7-5-6-10-23(17)31-26(32)25(34-27(31)30-19-8-3-2-4-9-19)16-20-12-14-24(33-20)21-13-11-18(28)15-22(21)29/h2-4,8-9,11-17,23H,5-7,10H2,1H3/b25-16-,30-27?/t17-,23+/m1/s1. The molecule has 2 heterocycles. The van der Waals surface area contributed by atoms with Crippen molar-refractivity contribution in [2.75, 3.05) is 0 Å². The Kier molecular flexibility index (Phi) is 6.87. The smallest absolute Gasteiger partial charge is 0.267 e. The van der Waals surface area contributed by atoms with Crippen LogP contribution in [0.1, 0.15) is 38.4 Å². The third-order valence-electron chi connectivity index (χ3n) is 6.31. The van der Waals surface area contributed by atoms with Crippen LogP contribution in [0.25, 0.3) is 17.4 Å². The van der Waals surface area contributed by atoms with E-state index >= 15 is 0 Å². The van der Waals surface area contributed by atoms with Gasteiger partial charge in [0.05, 0.1) is 15.6 Å². The molecule has 0 radical (unpaired) electrons. The SMILES string of the molecule is C[C@@H]1CCCC[C@@H]1N1C(=O)/C(=C/c2ccc(-c3ccc(Cl)cc3Cl)o2)SC1=Nc1ccccc1. The molecule has 2 fully saturated rings. The van der Waals surface area contributed by atoms with Crippen molar-refractivity contribution in [2.24, 2.45) is 10.9 Å². The average molecular weight is 511 g/mol. The van der Waals surface area contributed by atoms with Gasteiger partial charge in [-0.25, -0.2) is 4.99 Å². The molecule has 34 heavy (non-hydrogen) atoms. The van der Waals surface area contributed by atoms with Crippen molar-refractivity contribution >= 4 is 57.8 Å². The van der Waals surface area contributed by atoms with E-state index in [-0.39, 0.29) is 11.9 Å². The summed E-state index contributed by atoms with van der Waals surface area (Å²) < 4.78 is 6.03. The minimum Gasteiger partial charge on any atom is -0.457 e. The van der Waals surface area contributed by atoms with Crippen LogP contribution in [0.15, 0.2) is 75.0 Å². The quantitative estimate of drug-likeness (QED) is 0.330. The third kappa shape index (κ3) is 4.83. The zero-order chi connectivity index (χ0) is 23.7. The minimum absolute atomic E-state index is 0.0130. The van der Waals surface area contributed by atoms with Crippen molar-refractivity contribution < 1.29 is 9.21 Å². The largest absolute Gasteiger partial charge is 0.457 e. The van der Waals surface area contributed by atoms with Gasteiger partial charge in [0.15, 0.2) is 5.17 Å². The molecule has 1 saturated heterocycles. The third-order valence-corrected chi connectivity index (χ3v) is 7.84. The zero-order valence-corrected chi connectivity index (χ0v) is 21.0. The van der Waals surface area contributed by atoms with Crippen LogP contribution in [0.2, 0.25) is 10.0 Å². The predicted molar refractivity (Wildman–Crippen MR) is 142 cm³/mol. The van der Waals surface area contributed by atoms with E-state index in [4.69, 9.17) is 32.6 Å². The normalized spacial score (nSPS) is 23.3. The average Bonchev–Trinajstić information content (AvgIpc) is 3.40. The van der Waals surface area contributed by atoms with Crippen molar-refractivity contribution in [3.8, 4) is 11.3 Å². The first-order chi connectivity index (χ1) is 16.5. The first-order valence-electron chi connectivity index (χ1n) is 11.4. The summed E-state index contributed by atoms with van der Waals surface area (Å²) >= 11 is 13.8. The number of benzene rings is 2. The summed E-state index contributed by atoms with van der Waals surface area (Å²) in [5.41, 5.74) is 1.59. The lowest BCUT2D eigenvalue weighted by Gasteiger charge is -2.35. The van der Waals surface area contributed by atoms with Gasteiger partial charge in [0.25, 0.3) is 5.91 Å². The molecule has 2 aliphatic rings. The Bertz CT molecular complexity index is 1270. The van der Waals surface area contributed by atoms with E-state index in [1.807, 2.05) is 53.4 Å². The van der Waals surface area contributed by atoms with Crippen LogP contribution in [0.3, 0.4) is 0 Å². The number of hydrogen-bond acceptors (Lipinski definition) is 4. The van der Waals surface area contributed by atoms with E-state index in [0.717, 1.165) is 35.7 Å². The lowest BCUT2D eigenvalue weighted by Crippen LogP contribution is -2.44. The van der Waals surface area contributed by atoms with Gasteiger partial charge in [0.1, 0.15) is 11.5 Å². The molecule has 2 aromatic carbocycles. The Morgan fingerprint density at radius 1 is 1.06 bits per heavy atom. The molecule has 174 valence electrons. The molecule has 2 atom stereocenters. The molecule has 1 aliphatic heterocycles. The molecule has 0 spiro atoms. The predicted octanol–water partition coefficient (Wildman–Crippen LogP) is 8.44. The number of halogens is 2. The highest BCUT2D eigenvalue weighted by Crippen LogP contribution is 2.40. The van der Waals surface area contributed by atoms with Gasteiger partial charge in [-0.05, 0) is 73.0 Å². The fourth-order valence-corrected chi connectivity index (χ4v) is 6.07. The number of aliphatic imine (C=N–C) groups is 1. The highest BCUT2D eigenvalue weighted by Gasteiger charge is 2.41. The molecule has 5 rings (SSSR count). The van der Waals surface area contributed by atoms with E-state index in [2.05, 4.69) is 6.92 Å². The first kappa shape index (κ1) is 23.3. The summed E-state index contributed by atoms with van der Waals surface area (Å²) in [6.07, 6.45) is 6.26. The van der Waals surface area contributed by atoms with E-state index < -0.39 is 0 Å². The molecule has 0 N–H and O–H groups in total. The van der Waals surface area contributed by atoms with Crippen LogP contribution in [-0.2, 0) is 4.79 Å². The Hall–Kier alpha value is -2.47. The summed E-state index contributed by atoms with van der Waals surface area (Å²) in [7, 11) is 0. The van der Waals surface area contributed by atoms with E-state index in [1.54, 1.807) is 18.2 Å². The minimum atomic E-state index is -0.0130. The van der Waals surface area contributed by atoms with Gasteiger partial charge in [-0.1, -0.05) is 61.2 Å². The Balaban J connectivity index is 1.48. The van der Waals surface area contributed by atoms with Gasteiger partial charge in [-0.15, -0.1) is 0 Å². The number of para-hydroxylation sites is 1.